The monoisotopic (exact) mass is 716 g/mol. The van der Waals surface area contributed by atoms with Gasteiger partial charge in [0.2, 0.25) is 0 Å². The molecule has 0 atom stereocenters. The van der Waals surface area contributed by atoms with Crippen molar-refractivity contribution in [1.29, 1.82) is 0 Å². The topological polar surface area (TPSA) is 0 Å². The Labute approximate surface area is 324 Å². The molecule has 0 bridgehead atoms. The van der Waals surface area contributed by atoms with Crippen molar-refractivity contribution >= 4 is 74.6 Å². The summed E-state index contributed by atoms with van der Waals surface area (Å²) in [6, 6.07) is 67.6. The molecular formula is C54H36S. The molecule has 0 nitrogen and oxygen atoms in total. The maximum atomic E-state index is 2.37. The lowest BCUT2D eigenvalue weighted by molar-refractivity contribution is 1.39. The lowest BCUT2D eigenvalue weighted by Gasteiger charge is -2.21. The van der Waals surface area contributed by atoms with Crippen LogP contribution in [-0.2, 0) is 0 Å². The van der Waals surface area contributed by atoms with E-state index < -0.39 is 0 Å². The van der Waals surface area contributed by atoms with Crippen LogP contribution in [-0.4, -0.2) is 0 Å². The van der Waals surface area contributed by atoms with E-state index >= 15 is 0 Å². The summed E-state index contributed by atoms with van der Waals surface area (Å²) in [4.78, 5) is 0. The Morgan fingerprint density at radius 1 is 0.273 bits per heavy atom. The molecule has 0 amide bonds. The lowest BCUT2D eigenvalue weighted by Crippen LogP contribution is -1.94. The van der Waals surface area contributed by atoms with Crippen molar-refractivity contribution in [2.75, 3.05) is 0 Å². The average Bonchev–Trinajstić information content (AvgIpc) is 3.62. The van der Waals surface area contributed by atoms with Crippen LogP contribution in [0.2, 0.25) is 0 Å². The molecule has 0 saturated heterocycles. The van der Waals surface area contributed by atoms with Gasteiger partial charge >= 0.3 is 0 Å². The molecule has 10 aromatic carbocycles. The van der Waals surface area contributed by atoms with Crippen LogP contribution in [0.1, 0.15) is 11.1 Å². The smallest absolute Gasteiger partial charge is 0.0361 e. The van der Waals surface area contributed by atoms with E-state index in [0.29, 0.717) is 0 Å². The third kappa shape index (κ3) is 4.77. The maximum Gasteiger partial charge on any atom is 0.0361 e. The predicted molar refractivity (Wildman–Crippen MR) is 241 cm³/mol. The normalized spacial score (nSPS) is 11.8. The highest BCUT2D eigenvalue weighted by molar-refractivity contribution is 7.26. The fourth-order valence-electron chi connectivity index (χ4n) is 9.51. The molecule has 258 valence electrons. The van der Waals surface area contributed by atoms with Gasteiger partial charge in [-0.3, -0.25) is 0 Å². The summed E-state index contributed by atoms with van der Waals surface area (Å²) in [7, 11) is 0. The molecule has 0 spiro atoms. The molecule has 11 rings (SSSR count). The van der Waals surface area contributed by atoms with Crippen LogP contribution in [0.5, 0.6) is 0 Å². The minimum atomic E-state index is 1.24. The minimum absolute atomic E-state index is 1.24. The van der Waals surface area contributed by atoms with E-state index in [4.69, 9.17) is 0 Å². The molecule has 0 N–H and O–H groups in total. The van der Waals surface area contributed by atoms with Crippen molar-refractivity contribution in [2.24, 2.45) is 0 Å². The molecule has 0 unspecified atom stereocenters. The zero-order valence-corrected chi connectivity index (χ0v) is 31.5. The summed E-state index contributed by atoms with van der Waals surface area (Å²) in [5, 5.41) is 12.9. The fourth-order valence-corrected chi connectivity index (χ4v) is 10.7. The average molecular weight is 717 g/mol. The Bertz CT molecular complexity index is 3190. The molecule has 0 radical (unpaired) electrons. The van der Waals surface area contributed by atoms with Crippen LogP contribution in [0, 0.1) is 13.8 Å². The van der Waals surface area contributed by atoms with Crippen LogP contribution >= 0.6 is 11.3 Å². The molecule has 11 aromatic rings. The third-order valence-electron chi connectivity index (χ3n) is 11.7. The van der Waals surface area contributed by atoms with E-state index in [-0.39, 0.29) is 0 Å². The third-order valence-corrected chi connectivity index (χ3v) is 12.8. The SMILES string of the molecule is Cc1cccc(C)c1-c1c2ccccc2c(-c2cccc3sc4cccc(-c5c6ccccc6c(-c6ccccc6)c6ccccc56)c4c23)c2ccccc12. The number of fused-ring (bicyclic) bond motifs is 7. The second-order valence-corrected chi connectivity index (χ2v) is 15.9. The van der Waals surface area contributed by atoms with E-state index in [1.807, 2.05) is 11.3 Å². The Hall–Kier alpha value is -6.54. The van der Waals surface area contributed by atoms with Crippen molar-refractivity contribution in [2.45, 2.75) is 13.8 Å². The van der Waals surface area contributed by atoms with Crippen molar-refractivity contribution < 1.29 is 0 Å². The minimum Gasteiger partial charge on any atom is -0.135 e. The quantitative estimate of drug-likeness (QED) is 0.159. The van der Waals surface area contributed by atoms with Crippen LogP contribution in [0.4, 0.5) is 0 Å². The first-order chi connectivity index (χ1) is 27.2. The number of hydrogen-bond acceptors (Lipinski definition) is 1. The van der Waals surface area contributed by atoms with E-state index in [2.05, 4.69) is 196 Å². The molecule has 0 aliphatic rings. The van der Waals surface area contributed by atoms with Gasteiger partial charge in [0, 0.05) is 20.2 Å². The molecule has 0 aliphatic heterocycles. The van der Waals surface area contributed by atoms with Crippen LogP contribution in [0.3, 0.4) is 0 Å². The second-order valence-electron chi connectivity index (χ2n) is 14.8. The van der Waals surface area contributed by atoms with Crippen LogP contribution in [0.25, 0.3) is 108 Å². The summed E-state index contributed by atoms with van der Waals surface area (Å²) in [5.74, 6) is 0. The van der Waals surface area contributed by atoms with Gasteiger partial charge in [0.25, 0.3) is 0 Å². The molecule has 1 aromatic heterocycles. The first kappa shape index (κ1) is 31.9. The second kappa shape index (κ2) is 12.5. The number of hydrogen-bond donors (Lipinski definition) is 0. The summed E-state index contributed by atoms with van der Waals surface area (Å²) in [5.41, 5.74) is 13.0. The number of thiophene rings is 1. The zero-order chi connectivity index (χ0) is 36.6. The van der Waals surface area contributed by atoms with Gasteiger partial charge in [-0.1, -0.05) is 170 Å². The number of benzene rings is 10. The van der Waals surface area contributed by atoms with Crippen LogP contribution < -0.4 is 0 Å². The van der Waals surface area contributed by atoms with Gasteiger partial charge in [-0.2, -0.15) is 0 Å². The van der Waals surface area contributed by atoms with Gasteiger partial charge in [-0.05, 0) is 125 Å². The maximum absolute atomic E-state index is 2.37. The summed E-state index contributed by atoms with van der Waals surface area (Å²) < 4.78 is 2.61. The van der Waals surface area contributed by atoms with Gasteiger partial charge < -0.3 is 0 Å². The van der Waals surface area contributed by atoms with Gasteiger partial charge in [-0.25, -0.2) is 0 Å². The highest BCUT2D eigenvalue weighted by atomic mass is 32.1. The Morgan fingerprint density at radius 3 is 1.04 bits per heavy atom. The predicted octanol–water partition coefficient (Wildman–Crippen LogP) is 16.0. The molecule has 0 saturated carbocycles. The number of rotatable bonds is 4. The first-order valence-electron chi connectivity index (χ1n) is 19.1. The van der Waals surface area contributed by atoms with Gasteiger partial charge in [0.05, 0.1) is 0 Å². The van der Waals surface area contributed by atoms with Gasteiger partial charge in [0.1, 0.15) is 0 Å². The fraction of sp³-hybridized carbons (Fsp3) is 0.0370. The largest absolute Gasteiger partial charge is 0.135 e. The lowest BCUT2D eigenvalue weighted by atomic mass is 9.82. The summed E-state index contributed by atoms with van der Waals surface area (Å²) in [6.07, 6.45) is 0. The highest BCUT2D eigenvalue weighted by Gasteiger charge is 2.24. The van der Waals surface area contributed by atoms with E-state index in [1.54, 1.807) is 0 Å². The van der Waals surface area contributed by atoms with Gasteiger partial charge in [-0.15, -0.1) is 11.3 Å². The van der Waals surface area contributed by atoms with Crippen LogP contribution in [0.15, 0.2) is 182 Å². The molecule has 55 heavy (non-hydrogen) atoms. The number of aryl methyl sites for hydroxylation is 2. The highest BCUT2D eigenvalue weighted by Crippen LogP contribution is 2.52. The van der Waals surface area contributed by atoms with Crippen molar-refractivity contribution in [3.05, 3.63) is 193 Å². The Balaban J connectivity index is 1.29. The van der Waals surface area contributed by atoms with E-state index in [9.17, 15) is 0 Å². The van der Waals surface area contributed by atoms with Gasteiger partial charge in [0.15, 0.2) is 0 Å². The summed E-state index contributed by atoms with van der Waals surface area (Å²) >= 11 is 1.90. The molecule has 1 heterocycles. The Kier molecular flexibility index (Phi) is 7.27. The van der Waals surface area contributed by atoms with E-state index in [1.165, 1.54) is 119 Å². The van der Waals surface area contributed by atoms with Crippen molar-refractivity contribution in [3.63, 3.8) is 0 Å². The molecule has 0 aliphatic carbocycles. The molecular weight excluding hydrogens is 681 g/mol. The Morgan fingerprint density at radius 2 is 0.618 bits per heavy atom. The summed E-state index contributed by atoms with van der Waals surface area (Å²) in [6.45, 7) is 4.50. The first-order valence-corrected chi connectivity index (χ1v) is 19.9. The molecule has 1 heteroatoms. The van der Waals surface area contributed by atoms with Crippen molar-refractivity contribution in [1.82, 2.24) is 0 Å². The van der Waals surface area contributed by atoms with Crippen molar-refractivity contribution in [3.8, 4) is 44.5 Å². The molecule has 0 fully saturated rings. The zero-order valence-electron chi connectivity index (χ0n) is 30.7. The van der Waals surface area contributed by atoms with E-state index in [0.717, 1.165) is 0 Å². The standard InChI is InChI=1S/C54H36S/c1-33-17-14-18-34(2)48(33)52-42-27-12-10-25-40(42)51(41-26-11-13-28-43(41)52)45-30-16-32-47-54(45)53-44(29-15-31-46(53)55-47)50-38-23-8-6-21-36(38)49(35-19-4-3-5-20-35)37-22-7-9-24-39(37)50/h3-32H,1-2H3.